The number of aliphatic carboxylic acids is 1. The Morgan fingerprint density at radius 1 is 1.24 bits per heavy atom. The summed E-state index contributed by atoms with van der Waals surface area (Å²) in [4.78, 5) is 22.5. The zero-order valence-corrected chi connectivity index (χ0v) is 10.7. The van der Waals surface area contributed by atoms with Crippen LogP contribution >= 0.6 is 0 Å². The molecule has 0 saturated heterocycles. The lowest BCUT2D eigenvalue weighted by Gasteiger charge is -2.20. The minimum Gasteiger partial charge on any atom is -0.480 e. The van der Waals surface area contributed by atoms with Crippen molar-refractivity contribution in [3.8, 4) is 0 Å². The van der Waals surface area contributed by atoms with Crippen molar-refractivity contribution in [1.29, 1.82) is 0 Å². The van der Waals surface area contributed by atoms with Crippen LogP contribution in [0, 0.1) is 11.8 Å². The summed E-state index contributed by atoms with van der Waals surface area (Å²) in [6.07, 6.45) is 3.47. The quantitative estimate of drug-likeness (QED) is 0.661. The van der Waals surface area contributed by atoms with E-state index in [0.717, 1.165) is 12.3 Å². The van der Waals surface area contributed by atoms with Crippen molar-refractivity contribution >= 4 is 12.0 Å². The number of rotatable bonds is 6. The maximum atomic E-state index is 11.6. The molecular formula is C12H22N2O3. The van der Waals surface area contributed by atoms with Crippen molar-refractivity contribution < 1.29 is 14.7 Å². The van der Waals surface area contributed by atoms with E-state index in [-0.39, 0.29) is 18.0 Å². The van der Waals surface area contributed by atoms with Crippen LogP contribution in [0.4, 0.5) is 4.79 Å². The highest BCUT2D eigenvalue weighted by atomic mass is 16.4. The number of urea groups is 1. The Balaban J connectivity index is 2.32. The summed E-state index contributed by atoms with van der Waals surface area (Å²) in [6.45, 7) is 5.49. The summed E-state index contributed by atoms with van der Waals surface area (Å²) in [6, 6.07) is -1.12. The molecule has 17 heavy (non-hydrogen) atoms. The maximum absolute atomic E-state index is 11.6. The molecule has 0 bridgehead atoms. The lowest BCUT2D eigenvalue weighted by atomic mass is 10.1. The van der Waals surface area contributed by atoms with Gasteiger partial charge in [-0.3, -0.25) is 0 Å². The fourth-order valence-electron chi connectivity index (χ4n) is 1.83. The Morgan fingerprint density at radius 3 is 2.24 bits per heavy atom. The number of hydrogen-bond acceptors (Lipinski definition) is 2. The summed E-state index contributed by atoms with van der Waals surface area (Å²) in [5, 5.41) is 14.2. The monoisotopic (exact) mass is 242 g/mol. The third kappa shape index (κ3) is 5.06. The predicted molar refractivity (Wildman–Crippen MR) is 64.7 cm³/mol. The second-order valence-corrected chi connectivity index (χ2v) is 5.26. The van der Waals surface area contributed by atoms with Gasteiger partial charge in [0, 0.05) is 6.04 Å². The summed E-state index contributed by atoms with van der Waals surface area (Å²) in [5.41, 5.74) is 0. The molecule has 3 N–H and O–H groups in total. The van der Waals surface area contributed by atoms with Gasteiger partial charge < -0.3 is 15.7 Å². The first-order valence-corrected chi connectivity index (χ1v) is 6.20. The summed E-state index contributed by atoms with van der Waals surface area (Å²) >= 11 is 0. The first kappa shape index (κ1) is 13.8. The largest absolute Gasteiger partial charge is 0.480 e. The van der Waals surface area contributed by atoms with E-state index >= 15 is 0 Å². The number of carbonyl (C=O) groups excluding carboxylic acids is 1. The smallest absolute Gasteiger partial charge is 0.326 e. The molecule has 5 nitrogen and oxygen atoms in total. The molecule has 1 saturated carbocycles. The standard InChI is InChI=1S/C12H22N2O3/c1-7(2)10(11(15)16)14-12(17)13-8(3)6-9-4-5-9/h7-10H,4-6H2,1-3H3,(H,15,16)(H2,13,14,17). The Labute approximate surface area is 102 Å². The second-order valence-electron chi connectivity index (χ2n) is 5.26. The first-order valence-electron chi connectivity index (χ1n) is 6.20. The van der Waals surface area contributed by atoms with E-state index < -0.39 is 12.0 Å². The lowest BCUT2D eigenvalue weighted by Crippen LogP contribution is -2.50. The molecule has 0 aliphatic heterocycles. The number of hydrogen-bond donors (Lipinski definition) is 3. The molecule has 1 rings (SSSR count). The number of amides is 2. The van der Waals surface area contributed by atoms with Gasteiger partial charge in [-0.25, -0.2) is 9.59 Å². The van der Waals surface area contributed by atoms with Crippen LogP contribution < -0.4 is 10.6 Å². The van der Waals surface area contributed by atoms with Gasteiger partial charge in [-0.15, -0.1) is 0 Å². The fraction of sp³-hybridized carbons (Fsp3) is 0.833. The predicted octanol–water partition coefficient (Wildman–Crippen LogP) is 1.58. The van der Waals surface area contributed by atoms with Crippen LogP contribution in [0.1, 0.15) is 40.0 Å². The third-order valence-corrected chi connectivity index (χ3v) is 2.98. The van der Waals surface area contributed by atoms with Gasteiger partial charge in [-0.05, 0) is 25.2 Å². The average Bonchev–Trinajstić information content (AvgIpc) is 2.96. The van der Waals surface area contributed by atoms with Crippen molar-refractivity contribution in [1.82, 2.24) is 10.6 Å². The molecule has 98 valence electrons. The van der Waals surface area contributed by atoms with Crippen LogP contribution in [0.2, 0.25) is 0 Å². The Kier molecular flexibility index (Phi) is 4.78. The molecule has 0 aromatic heterocycles. The van der Waals surface area contributed by atoms with Gasteiger partial charge >= 0.3 is 12.0 Å². The minimum atomic E-state index is -0.995. The van der Waals surface area contributed by atoms with Crippen LogP contribution in [0.15, 0.2) is 0 Å². The zero-order valence-electron chi connectivity index (χ0n) is 10.7. The van der Waals surface area contributed by atoms with E-state index in [4.69, 9.17) is 5.11 Å². The zero-order chi connectivity index (χ0) is 13.0. The van der Waals surface area contributed by atoms with Gasteiger partial charge in [0.1, 0.15) is 6.04 Å². The molecule has 5 heteroatoms. The minimum absolute atomic E-state index is 0.101. The van der Waals surface area contributed by atoms with Gasteiger partial charge in [-0.1, -0.05) is 26.7 Å². The molecule has 1 fully saturated rings. The molecule has 0 aromatic carbocycles. The molecule has 2 unspecified atom stereocenters. The highest BCUT2D eigenvalue weighted by Crippen LogP contribution is 2.33. The van der Waals surface area contributed by atoms with Gasteiger partial charge in [0.25, 0.3) is 0 Å². The van der Waals surface area contributed by atoms with Crippen LogP contribution in [0.5, 0.6) is 0 Å². The van der Waals surface area contributed by atoms with Crippen molar-refractivity contribution in [2.45, 2.75) is 52.1 Å². The van der Waals surface area contributed by atoms with Gasteiger partial charge in [0.2, 0.25) is 0 Å². The molecule has 2 atom stereocenters. The molecule has 1 aliphatic carbocycles. The van der Waals surface area contributed by atoms with Crippen LogP contribution in [-0.4, -0.2) is 29.2 Å². The maximum Gasteiger partial charge on any atom is 0.326 e. The molecule has 0 aromatic rings. The second kappa shape index (κ2) is 5.89. The van der Waals surface area contributed by atoms with Crippen molar-refractivity contribution in [3.63, 3.8) is 0 Å². The summed E-state index contributed by atoms with van der Waals surface area (Å²) in [5.74, 6) is -0.382. The molecule has 0 spiro atoms. The van der Waals surface area contributed by atoms with Crippen molar-refractivity contribution in [2.24, 2.45) is 11.8 Å². The normalized spacial score (nSPS) is 18.6. The topological polar surface area (TPSA) is 78.4 Å². The van der Waals surface area contributed by atoms with E-state index in [2.05, 4.69) is 10.6 Å². The Morgan fingerprint density at radius 2 is 1.82 bits per heavy atom. The lowest BCUT2D eigenvalue weighted by molar-refractivity contribution is -0.140. The van der Waals surface area contributed by atoms with E-state index in [0.29, 0.717) is 0 Å². The third-order valence-electron chi connectivity index (χ3n) is 2.98. The van der Waals surface area contributed by atoms with Crippen LogP contribution in [0.3, 0.4) is 0 Å². The number of carboxylic acid groups (broad SMARTS) is 1. The van der Waals surface area contributed by atoms with Crippen molar-refractivity contribution in [2.75, 3.05) is 0 Å². The van der Waals surface area contributed by atoms with Crippen molar-refractivity contribution in [3.05, 3.63) is 0 Å². The number of carboxylic acids is 1. The Hall–Kier alpha value is -1.26. The molecule has 0 heterocycles. The van der Waals surface area contributed by atoms with E-state index in [1.54, 1.807) is 13.8 Å². The summed E-state index contributed by atoms with van der Waals surface area (Å²) < 4.78 is 0. The fourth-order valence-corrected chi connectivity index (χ4v) is 1.83. The summed E-state index contributed by atoms with van der Waals surface area (Å²) in [7, 11) is 0. The first-order chi connectivity index (χ1) is 7.90. The average molecular weight is 242 g/mol. The van der Waals surface area contributed by atoms with E-state index in [9.17, 15) is 9.59 Å². The highest BCUT2D eigenvalue weighted by Gasteiger charge is 2.26. The van der Waals surface area contributed by atoms with Crippen LogP contribution in [-0.2, 0) is 4.79 Å². The van der Waals surface area contributed by atoms with Gasteiger partial charge in [-0.2, -0.15) is 0 Å². The van der Waals surface area contributed by atoms with E-state index in [1.807, 2.05) is 6.92 Å². The molecule has 2 amide bonds. The molecule has 1 aliphatic rings. The van der Waals surface area contributed by atoms with Crippen LogP contribution in [0.25, 0.3) is 0 Å². The molecular weight excluding hydrogens is 220 g/mol. The SMILES string of the molecule is CC(CC1CC1)NC(=O)NC(C(=O)O)C(C)C. The molecule has 0 radical (unpaired) electrons. The number of nitrogens with one attached hydrogen (secondary N) is 2. The number of carbonyl (C=O) groups is 2. The van der Waals surface area contributed by atoms with E-state index in [1.165, 1.54) is 12.8 Å². The Bertz CT molecular complexity index is 287. The van der Waals surface area contributed by atoms with Gasteiger partial charge in [0.05, 0.1) is 0 Å². The van der Waals surface area contributed by atoms with Gasteiger partial charge in [0.15, 0.2) is 0 Å². The highest BCUT2D eigenvalue weighted by molar-refractivity contribution is 5.82.